The zero-order valence-electron chi connectivity index (χ0n) is 11.2. The van der Waals surface area contributed by atoms with E-state index in [0.29, 0.717) is 18.5 Å². The van der Waals surface area contributed by atoms with Gasteiger partial charge in [0.25, 0.3) is 0 Å². The Bertz CT molecular complexity index is 649. The van der Waals surface area contributed by atoms with Crippen molar-refractivity contribution in [1.82, 2.24) is 0 Å². The number of aryl methyl sites for hydroxylation is 2. The Morgan fingerprint density at radius 3 is 2.52 bits per heavy atom. The van der Waals surface area contributed by atoms with Gasteiger partial charge < -0.3 is 14.4 Å². The van der Waals surface area contributed by atoms with Gasteiger partial charge in [-0.15, -0.1) is 0 Å². The van der Waals surface area contributed by atoms with Crippen LogP contribution in [0, 0.1) is 5.82 Å². The highest BCUT2D eigenvalue weighted by atomic mass is 32.2. The first-order chi connectivity index (χ1) is 10.1. The molecule has 2 N–H and O–H groups in total. The van der Waals surface area contributed by atoms with Crippen molar-refractivity contribution in [3.63, 3.8) is 0 Å². The lowest BCUT2D eigenvalue weighted by atomic mass is 10.0. The van der Waals surface area contributed by atoms with Crippen molar-refractivity contribution in [3.05, 3.63) is 65.0 Å². The molecule has 0 heterocycles. The maximum Gasteiger partial charge on any atom is 0.128 e. The van der Waals surface area contributed by atoms with Crippen molar-refractivity contribution in [2.24, 2.45) is 0 Å². The highest BCUT2D eigenvalue weighted by molar-refractivity contribution is 7.80. The van der Waals surface area contributed by atoms with Crippen molar-refractivity contribution >= 4 is 17.0 Å². The van der Waals surface area contributed by atoms with Crippen LogP contribution in [-0.2, 0) is 30.7 Å². The Labute approximate surface area is 125 Å². The lowest BCUT2D eigenvalue weighted by Gasteiger charge is -2.10. The third kappa shape index (κ3) is 4.63. The quantitative estimate of drug-likeness (QED) is 0.804. The molecule has 0 saturated carbocycles. The summed E-state index contributed by atoms with van der Waals surface area (Å²) in [7, 11) is 0. The minimum atomic E-state index is -2.34. The summed E-state index contributed by atoms with van der Waals surface area (Å²) < 4.78 is 36.8. The normalized spacial score (nSPS) is 12.1. The fraction of sp³-hybridized carbons (Fsp3) is 0.200. The molecule has 0 spiro atoms. The topological polar surface area (TPSA) is 72.4 Å². The van der Waals surface area contributed by atoms with Gasteiger partial charge in [0.2, 0.25) is 0 Å². The molecule has 1 atom stereocenters. The van der Waals surface area contributed by atoms with E-state index in [0.717, 1.165) is 11.1 Å². The van der Waals surface area contributed by atoms with E-state index in [1.54, 1.807) is 30.3 Å². The predicted octanol–water partition coefficient (Wildman–Crippen LogP) is 2.31. The number of anilines is 1. The van der Waals surface area contributed by atoms with Gasteiger partial charge in [-0.1, -0.05) is 24.3 Å². The molecule has 2 rings (SSSR count). The molecule has 1 unspecified atom stereocenters. The number of nitrogens with one attached hydrogen (secondary N) is 1. The average molecular weight is 308 g/mol. The minimum Gasteiger partial charge on any atom is -0.755 e. The van der Waals surface area contributed by atoms with Crippen molar-refractivity contribution in [1.29, 1.82) is 0 Å². The Kier molecular flexibility index (Phi) is 5.44. The van der Waals surface area contributed by atoms with Crippen molar-refractivity contribution in [2.45, 2.75) is 19.4 Å². The van der Waals surface area contributed by atoms with E-state index in [2.05, 4.69) is 4.72 Å². The van der Waals surface area contributed by atoms with E-state index >= 15 is 0 Å². The number of hydrogen-bond acceptors (Lipinski definition) is 3. The van der Waals surface area contributed by atoms with Crippen LogP contribution in [0.4, 0.5) is 10.1 Å². The number of halogens is 1. The van der Waals surface area contributed by atoms with Gasteiger partial charge in [0.05, 0.1) is 6.61 Å². The van der Waals surface area contributed by atoms with Crippen LogP contribution in [-0.4, -0.2) is 13.9 Å². The smallest absolute Gasteiger partial charge is 0.128 e. The fourth-order valence-electron chi connectivity index (χ4n) is 2.08. The molecule has 0 amide bonds. The summed E-state index contributed by atoms with van der Waals surface area (Å²) in [5.41, 5.74) is 2.69. The van der Waals surface area contributed by atoms with Crippen molar-refractivity contribution < 1.29 is 18.3 Å². The van der Waals surface area contributed by atoms with Crippen LogP contribution in [0.5, 0.6) is 0 Å². The first-order valence-electron chi connectivity index (χ1n) is 6.41. The Balaban J connectivity index is 2.04. The van der Waals surface area contributed by atoms with Crippen LogP contribution in [0.1, 0.15) is 16.7 Å². The van der Waals surface area contributed by atoms with Gasteiger partial charge in [-0.25, -0.2) is 4.39 Å². The van der Waals surface area contributed by atoms with Gasteiger partial charge in [0.15, 0.2) is 0 Å². The molecule has 0 saturated heterocycles. The number of aliphatic hydroxyl groups is 1. The number of benzene rings is 2. The molecule has 0 radical (unpaired) electrons. The molecular weight excluding hydrogens is 293 g/mol. The first kappa shape index (κ1) is 15.6. The zero-order chi connectivity index (χ0) is 15.2. The van der Waals surface area contributed by atoms with Gasteiger partial charge in [-0.3, -0.25) is 4.21 Å². The molecule has 0 aromatic heterocycles. The lowest BCUT2D eigenvalue weighted by Crippen LogP contribution is -2.02. The SMILES string of the molecule is O=S([O-])Nc1cccc(CCc2ccc(F)c(CO)c2)c1. The van der Waals surface area contributed by atoms with Gasteiger partial charge in [0, 0.05) is 22.5 Å². The Hall–Kier alpha value is -1.76. The molecule has 2 aromatic carbocycles. The summed E-state index contributed by atoms with van der Waals surface area (Å²) in [5, 5.41) is 9.04. The molecule has 0 aliphatic carbocycles. The summed E-state index contributed by atoms with van der Waals surface area (Å²) in [6.45, 7) is -0.325. The summed E-state index contributed by atoms with van der Waals surface area (Å²) in [6, 6.07) is 11.8. The summed E-state index contributed by atoms with van der Waals surface area (Å²) in [6.07, 6.45) is 1.37. The number of hydrogen-bond donors (Lipinski definition) is 2. The molecule has 0 fully saturated rings. The molecule has 21 heavy (non-hydrogen) atoms. The Morgan fingerprint density at radius 2 is 1.86 bits per heavy atom. The summed E-state index contributed by atoms with van der Waals surface area (Å²) in [4.78, 5) is 0. The van der Waals surface area contributed by atoms with Crippen LogP contribution in [0.15, 0.2) is 42.5 Å². The predicted molar refractivity (Wildman–Crippen MR) is 78.7 cm³/mol. The first-order valence-corrected chi connectivity index (χ1v) is 7.49. The number of aliphatic hydroxyl groups excluding tert-OH is 1. The van der Waals surface area contributed by atoms with Gasteiger partial charge in [0.1, 0.15) is 5.82 Å². The third-order valence-corrected chi connectivity index (χ3v) is 3.51. The molecule has 6 heteroatoms. The van der Waals surface area contributed by atoms with E-state index in [9.17, 15) is 13.2 Å². The van der Waals surface area contributed by atoms with Crippen LogP contribution in [0.2, 0.25) is 0 Å². The monoisotopic (exact) mass is 308 g/mol. The van der Waals surface area contributed by atoms with Crippen molar-refractivity contribution in [3.8, 4) is 0 Å². The average Bonchev–Trinajstić information content (AvgIpc) is 2.46. The van der Waals surface area contributed by atoms with Gasteiger partial charge >= 0.3 is 0 Å². The van der Waals surface area contributed by atoms with Crippen LogP contribution in [0.3, 0.4) is 0 Å². The lowest BCUT2D eigenvalue weighted by molar-refractivity contribution is 0.275. The maximum absolute atomic E-state index is 13.3. The standard InChI is InChI=1S/C15H16FNO3S/c16-15-7-6-12(8-13(15)10-18)5-4-11-2-1-3-14(9-11)17-21(19)20/h1-3,6-9,17-18H,4-5,10H2,(H,19,20)/p-1. The van der Waals surface area contributed by atoms with E-state index in [1.165, 1.54) is 6.07 Å². The largest absolute Gasteiger partial charge is 0.755 e. The second kappa shape index (κ2) is 7.31. The molecule has 0 bridgehead atoms. The molecule has 2 aromatic rings. The molecule has 0 aliphatic heterocycles. The van der Waals surface area contributed by atoms with Gasteiger partial charge in [-0.05, 0) is 42.2 Å². The molecule has 112 valence electrons. The van der Waals surface area contributed by atoms with Gasteiger partial charge in [-0.2, -0.15) is 0 Å². The summed E-state index contributed by atoms with van der Waals surface area (Å²) in [5.74, 6) is -0.412. The highest BCUT2D eigenvalue weighted by Gasteiger charge is 2.03. The minimum absolute atomic E-state index is 0.282. The maximum atomic E-state index is 13.3. The number of rotatable bonds is 6. The second-order valence-electron chi connectivity index (χ2n) is 4.62. The molecule has 0 aliphatic rings. The van der Waals surface area contributed by atoms with E-state index < -0.39 is 17.1 Å². The van der Waals surface area contributed by atoms with Crippen LogP contribution >= 0.6 is 0 Å². The summed E-state index contributed by atoms with van der Waals surface area (Å²) >= 11 is -2.34. The molecular formula is C15H15FNO3S-. The van der Waals surface area contributed by atoms with Crippen LogP contribution < -0.4 is 4.72 Å². The third-order valence-electron chi connectivity index (χ3n) is 3.11. The van der Waals surface area contributed by atoms with Crippen LogP contribution in [0.25, 0.3) is 0 Å². The fourth-order valence-corrected chi connectivity index (χ4v) is 2.40. The zero-order valence-corrected chi connectivity index (χ0v) is 12.0. The van der Waals surface area contributed by atoms with E-state index in [1.807, 2.05) is 6.07 Å². The van der Waals surface area contributed by atoms with Crippen molar-refractivity contribution in [2.75, 3.05) is 4.72 Å². The second-order valence-corrected chi connectivity index (χ2v) is 5.29. The highest BCUT2D eigenvalue weighted by Crippen LogP contribution is 2.16. The Morgan fingerprint density at radius 1 is 1.14 bits per heavy atom. The molecule has 4 nitrogen and oxygen atoms in total. The van der Waals surface area contributed by atoms with E-state index in [4.69, 9.17) is 5.11 Å². The van der Waals surface area contributed by atoms with E-state index in [-0.39, 0.29) is 12.2 Å².